The number of hydrogen-bond acceptors (Lipinski definition) is 4. The fourth-order valence-electron chi connectivity index (χ4n) is 2.00. The molecule has 0 bridgehead atoms. The zero-order valence-electron chi connectivity index (χ0n) is 10.9. The first-order valence-corrected chi connectivity index (χ1v) is 6.24. The van der Waals surface area contributed by atoms with Crippen LogP contribution in [-0.2, 0) is 6.18 Å². The normalized spacial score (nSPS) is 20.4. The van der Waals surface area contributed by atoms with Crippen molar-refractivity contribution in [2.45, 2.75) is 38.4 Å². The van der Waals surface area contributed by atoms with Gasteiger partial charge in [-0.15, -0.1) is 0 Å². The molecule has 106 valence electrons. The van der Waals surface area contributed by atoms with Crippen molar-refractivity contribution < 1.29 is 13.2 Å². The van der Waals surface area contributed by atoms with Crippen LogP contribution in [-0.4, -0.2) is 29.1 Å². The van der Waals surface area contributed by atoms with Gasteiger partial charge in [-0.2, -0.15) is 13.2 Å². The molecule has 2 heterocycles. The molecule has 1 fully saturated rings. The van der Waals surface area contributed by atoms with Gasteiger partial charge in [0, 0.05) is 24.8 Å². The van der Waals surface area contributed by atoms with Crippen LogP contribution in [0.3, 0.4) is 0 Å². The van der Waals surface area contributed by atoms with Gasteiger partial charge >= 0.3 is 6.18 Å². The second kappa shape index (κ2) is 4.96. The van der Waals surface area contributed by atoms with Crippen LogP contribution in [0.5, 0.6) is 0 Å². The number of rotatable bonds is 2. The van der Waals surface area contributed by atoms with E-state index in [9.17, 15) is 13.2 Å². The minimum absolute atomic E-state index is 0.0272. The van der Waals surface area contributed by atoms with Gasteiger partial charge in [0.15, 0.2) is 0 Å². The van der Waals surface area contributed by atoms with Crippen LogP contribution in [0, 0.1) is 0 Å². The first-order valence-electron chi connectivity index (χ1n) is 6.24. The lowest BCUT2D eigenvalue weighted by atomic mass is 10.1. The molecule has 7 heteroatoms. The van der Waals surface area contributed by atoms with Crippen molar-refractivity contribution in [1.82, 2.24) is 9.97 Å². The Hall–Kier alpha value is -1.37. The molecular formula is C12H17F3N4. The lowest BCUT2D eigenvalue weighted by Gasteiger charge is -2.19. The summed E-state index contributed by atoms with van der Waals surface area (Å²) in [5, 5.41) is 0. The second-order valence-corrected chi connectivity index (χ2v) is 5.13. The Kier molecular flexibility index (Phi) is 3.66. The summed E-state index contributed by atoms with van der Waals surface area (Å²) in [4.78, 5) is 9.57. The Labute approximate surface area is 109 Å². The molecule has 0 spiro atoms. The van der Waals surface area contributed by atoms with Crippen LogP contribution in [0.25, 0.3) is 0 Å². The minimum atomic E-state index is -4.46. The number of nitrogens with zero attached hydrogens (tertiary/aromatic N) is 3. The standard InChI is InChI=1S/C12H17F3N4/c1-7(2)9-5-10(12(13,14)15)18-11(17-9)19-4-3-8(16)6-19/h5,7-8H,3-4,6,16H2,1-2H3. The molecule has 0 aliphatic carbocycles. The highest BCUT2D eigenvalue weighted by atomic mass is 19.4. The maximum Gasteiger partial charge on any atom is 0.433 e. The Bertz CT molecular complexity index is 459. The first kappa shape index (κ1) is 14.0. The van der Waals surface area contributed by atoms with Gasteiger partial charge in [0.1, 0.15) is 5.69 Å². The summed E-state index contributed by atoms with van der Waals surface area (Å²) in [7, 11) is 0. The summed E-state index contributed by atoms with van der Waals surface area (Å²) < 4.78 is 38.5. The predicted molar refractivity (Wildman–Crippen MR) is 65.9 cm³/mol. The second-order valence-electron chi connectivity index (χ2n) is 5.13. The van der Waals surface area contributed by atoms with E-state index in [4.69, 9.17) is 5.73 Å². The highest BCUT2D eigenvalue weighted by molar-refractivity contribution is 5.36. The van der Waals surface area contributed by atoms with Crippen molar-refractivity contribution in [2.24, 2.45) is 5.73 Å². The van der Waals surface area contributed by atoms with Gasteiger partial charge in [0.05, 0.1) is 0 Å². The van der Waals surface area contributed by atoms with E-state index in [1.54, 1.807) is 4.90 Å². The molecule has 0 saturated carbocycles. The molecule has 2 N–H and O–H groups in total. The van der Waals surface area contributed by atoms with E-state index in [-0.39, 0.29) is 17.9 Å². The Morgan fingerprint density at radius 2 is 2.05 bits per heavy atom. The van der Waals surface area contributed by atoms with E-state index in [2.05, 4.69) is 9.97 Å². The molecule has 1 aromatic heterocycles. The topological polar surface area (TPSA) is 55.0 Å². The summed E-state index contributed by atoms with van der Waals surface area (Å²) >= 11 is 0. The van der Waals surface area contributed by atoms with Gasteiger partial charge < -0.3 is 10.6 Å². The van der Waals surface area contributed by atoms with E-state index < -0.39 is 11.9 Å². The summed E-state index contributed by atoms with van der Waals surface area (Å²) in [6.45, 7) is 4.71. The number of halogens is 3. The van der Waals surface area contributed by atoms with Gasteiger partial charge in [0.2, 0.25) is 5.95 Å². The maximum atomic E-state index is 12.8. The molecule has 1 aromatic rings. The molecule has 1 atom stereocenters. The highest BCUT2D eigenvalue weighted by Gasteiger charge is 2.35. The zero-order valence-corrected chi connectivity index (χ0v) is 10.9. The van der Waals surface area contributed by atoms with E-state index in [0.717, 1.165) is 12.5 Å². The van der Waals surface area contributed by atoms with Crippen LogP contribution in [0.4, 0.5) is 19.1 Å². The molecule has 1 aliphatic heterocycles. The van der Waals surface area contributed by atoms with Crippen LogP contribution in [0.2, 0.25) is 0 Å². The van der Waals surface area contributed by atoms with Crippen LogP contribution >= 0.6 is 0 Å². The molecule has 1 saturated heterocycles. The molecule has 0 aromatic carbocycles. The van der Waals surface area contributed by atoms with Gasteiger partial charge in [-0.3, -0.25) is 0 Å². The number of anilines is 1. The molecule has 1 aliphatic rings. The summed E-state index contributed by atoms with van der Waals surface area (Å²) in [6, 6.07) is 0.991. The van der Waals surface area contributed by atoms with Crippen molar-refractivity contribution >= 4 is 5.95 Å². The molecule has 0 amide bonds. The summed E-state index contributed by atoms with van der Waals surface area (Å²) in [6.07, 6.45) is -3.71. The van der Waals surface area contributed by atoms with Crippen LogP contribution in [0.1, 0.15) is 37.6 Å². The Morgan fingerprint density at radius 1 is 1.37 bits per heavy atom. The van der Waals surface area contributed by atoms with E-state index >= 15 is 0 Å². The number of aromatic nitrogens is 2. The molecule has 2 rings (SSSR count). The van der Waals surface area contributed by atoms with Crippen molar-refractivity contribution in [3.8, 4) is 0 Å². The van der Waals surface area contributed by atoms with Gasteiger partial charge in [-0.05, 0) is 18.4 Å². The van der Waals surface area contributed by atoms with Gasteiger partial charge in [0.25, 0.3) is 0 Å². The fraction of sp³-hybridized carbons (Fsp3) is 0.667. The summed E-state index contributed by atoms with van der Waals surface area (Å²) in [5.74, 6) is 0.0469. The molecular weight excluding hydrogens is 257 g/mol. The quantitative estimate of drug-likeness (QED) is 0.898. The minimum Gasteiger partial charge on any atom is -0.339 e. The third-order valence-corrected chi connectivity index (χ3v) is 3.12. The van der Waals surface area contributed by atoms with E-state index in [1.807, 2.05) is 13.8 Å². The van der Waals surface area contributed by atoms with E-state index in [1.165, 1.54) is 0 Å². The monoisotopic (exact) mass is 274 g/mol. The maximum absolute atomic E-state index is 12.8. The van der Waals surface area contributed by atoms with Crippen molar-refractivity contribution in [1.29, 1.82) is 0 Å². The number of alkyl halides is 3. The molecule has 1 unspecified atom stereocenters. The Balaban J connectivity index is 2.40. The number of nitrogens with two attached hydrogens (primary N) is 1. The average molecular weight is 274 g/mol. The van der Waals surface area contributed by atoms with Crippen LogP contribution in [0.15, 0.2) is 6.07 Å². The molecule has 19 heavy (non-hydrogen) atoms. The predicted octanol–water partition coefficient (Wildman–Crippen LogP) is 2.16. The van der Waals surface area contributed by atoms with Crippen molar-refractivity contribution in [3.05, 3.63) is 17.5 Å². The zero-order chi connectivity index (χ0) is 14.2. The molecule has 4 nitrogen and oxygen atoms in total. The van der Waals surface area contributed by atoms with Gasteiger partial charge in [-0.25, -0.2) is 9.97 Å². The average Bonchev–Trinajstić information content (AvgIpc) is 2.74. The van der Waals surface area contributed by atoms with Gasteiger partial charge in [-0.1, -0.05) is 13.8 Å². The van der Waals surface area contributed by atoms with Crippen LogP contribution < -0.4 is 10.6 Å². The lowest BCUT2D eigenvalue weighted by molar-refractivity contribution is -0.141. The smallest absolute Gasteiger partial charge is 0.339 e. The van der Waals surface area contributed by atoms with Crippen molar-refractivity contribution in [3.63, 3.8) is 0 Å². The highest BCUT2D eigenvalue weighted by Crippen LogP contribution is 2.31. The summed E-state index contributed by atoms with van der Waals surface area (Å²) in [5.41, 5.74) is 5.28. The first-order chi connectivity index (χ1) is 8.77. The molecule has 0 radical (unpaired) electrons. The van der Waals surface area contributed by atoms with E-state index in [0.29, 0.717) is 18.8 Å². The SMILES string of the molecule is CC(C)c1cc(C(F)(F)F)nc(N2CCC(N)C2)n1. The Morgan fingerprint density at radius 3 is 2.53 bits per heavy atom. The largest absolute Gasteiger partial charge is 0.433 e. The lowest BCUT2D eigenvalue weighted by Crippen LogP contribution is -2.28. The third-order valence-electron chi connectivity index (χ3n) is 3.12. The third kappa shape index (κ3) is 3.15. The number of hydrogen-bond donors (Lipinski definition) is 1. The fourth-order valence-corrected chi connectivity index (χ4v) is 2.00. The van der Waals surface area contributed by atoms with Crippen molar-refractivity contribution in [2.75, 3.05) is 18.0 Å².